The Bertz CT molecular complexity index is 383. The van der Waals surface area contributed by atoms with E-state index in [1.54, 1.807) is 13.8 Å². The highest BCUT2D eigenvalue weighted by Crippen LogP contribution is 2.33. The normalized spacial score (nSPS) is 29.2. The number of rotatable bonds is 5. The lowest BCUT2D eigenvalue weighted by atomic mass is 9.88. The van der Waals surface area contributed by atoms with Crippen LogP contribution < -0.4 is 5.32 Å². The molecule has 2 fully saturated rings. The van der Waals surface area contributed by atoms with E-state index in [0.29, 0.717) is 31.0 Å². The maximum absolute atomic E-state index is 12.5. The molecule has 2 N–H and O–H groups in total. The van der Waals surface area contributed by atoms with Crippen LogP contribution in [-0.2, 0) is 9.59 Å². The van der Waals surface area contributed by atoms with Crippen molar-refractivity contribution in [2.75, 3.05) is 6.54 Å². The number of nitrogens with zero attached hydrogens (tertiary/aromatic N) is 1. The zero-order valence-electron chi connectivity index (χ0n) is 12.7. The van der Waals surface area contributed by atoms with E-state index in [2.05, 4.69) is 5.32 Å². The Kier molecular flexibility index (Phi) is 4.37. The second-order valence-corrected chi connectivity index (χ2v) is 6.68. The van der Waals surface area contributed by atoms with E-state index in [4.69, 9.17) is 0 Å². The summed E-state index contributed by atoms with van der Waals surface area (Å²) in [7, 11) is 0. The molecule has 0 radical (unpaired) electrons. The fourth-order valence-electron chi connectivity index (χ4n) is 3.70. The van der Waals surface area contributed by atoms with Crippen molar-refractivity contribution in [2.24, 2.45) is 5.92 Å². The van der Waals surface area contributed by atoms with Crippen LogP contribution in [0, 0.1) is 5.92 Å². The summed E-state index contributed by atoms with van der Waals surface area (Å²) in [5.41, 5.74) is -1.13. The number of carbonyl (C=O) groups is 2. The molecule has 2 unspecified atom stereocenters. The Morgan fingerprint density at radius 1 is 1.25 bits per heavy atom. The summed E-state index contributed by atoms with van der Waals surface area (Å²) in [5, 5.41) is 12.9. The summed E-state index contributed by atoms with van der Waals surface area (Å²) in [6.45, 7) is 5.48. The van der Waals surface area contributed by atoms with Gasteiger partial charge in [0.15, 0.2) is 0 Å². The van der Waals surface area contributed by atoms with Crippen molar-refractivity contribution in [3.63, 3.8) is 0 Å². The van der Waals surface area contributed by atoms with Crippen molar-refractivity contribution in [2.45, 2.75) is 70.5 Å². The molecule has 0 spiro atoms. The van der Waals surface area contributed by atoms with Gasteiger partial charge >= 0.3 is 5.97 Å². The standard InChI is InChI=1S/C15H26N2O3/c1-4-17(15(2,3)14(19)20)13(18)9-10-7-11-5-6-12(8-10)16-11/h10-12,16H,4-9H2,1-3H3,(H,19,20). The molecule has 2 heterocycles. The van der Waals surface area contributed by atoms with Crippen LogP contribution in [0.15, 0.2) is 0 Å². The first kappa shape index (κ1) is 15.3. The van der Waals surface area contributed by atoms with Gasteiger partial charge in [0.05, 0.1) is 0 Å². The number of aliphatic carboxylic acids is 1. The topological polar surface area (TPSA) is 69.6 Å². The number of fused-ring (bicyclic) bond motifs is 2. The largest absolute Gasteiger partial charge is 0.480 e. The molecule has 2 saturated heterocycles. The highest BCUT2D eigenvalue weighted by Gasteiger charge is 2.39. The van der Waals surface area contributed by atoms with Crippen LogP contribution in [0.25, 0.3) is 0 Å². The predicted octanol–water partition coefficient (Wildman–Crippen LogP) is 1.62. The second kappa shape index (κ2) is 5.72. The minimum atomic E-state index is -1.13. The minimum Gasteiger partial charge on any atom is -0.480 e. The average Bonchev–Trinajstić information content (AvgIpc) is 2.69. The summed E-state index contributed by atoms with van der Waals surface area (Å²) < 4.78 is 0. The lowest BCUT2D eigenvalue weighted by Crippen LogP contribution is -2.53. The minimum absolute atomic E-state index is 0.0220. The average molecular weight is 282 g/mol. The number of amides is 1. The van der Waals surface area contributed by atoms with E-state index in [0.717, 1.165) is 12.8 Å². The molecule has 5 nitrogen and oxygen atoms in total. The van der Waals surface area contributed by atoms with Crippen LogP contribution >= 0.6 is 0 Å². The predicted molar refractivity (Wildman–Crippen MR) is 76.4 cm³/mol. The van der Waals surface area contributed by atoms with Crippen molar-refractivity contribution >= 4 is 11.9 Å². The molecule has 5 heteroatoms. The van der Waals surface area contributed by atoms with Gasteiger partial charge in [0, 0.05) is 25.0 Å². The number of carbonyl (C=O) groups excluding carboxylic acids is 1. The van der Waals surface area contributed by atoms with Crippen LogP contribution in [-0.4, -0.2) is 46.1 Å². The quantitative estimate of drug-likeness (QED) is 0.804. The molecule has 20 heavy (non-hydrogen) atoms. The van der Waals surface area contributed by atoms with Crippen molar-refractivity contribution in [3.8, 4) is 0 Å². The van der Waals surface area contributed by atoms with E-state index < -0.39 is 11.5 Å². The van der Waals surface area contributed by atoms with Crippen LogP contribution in [0.3, 0.4) is 0 Å². The van der Waals surface area contributed by atoms with E-state index in [1.165, 1.54) is 17.7 Å². The van der Waals surface area contributed by atoms with Crippen LogP contribution in [0.2, 0.25) is 0 Å². The molecule has 0 aliphatic carbocycles. The second-order valence-electron chi connectivity index (χ2n) is 6.68. The smallest absolute Gasteiger partial charge is 0.329 e. The summed E-state index contributed by atoms with van der Waals surface area (Å²) >= 11 is 0. The maximum Gasteiger partial charge on any atom is 0.329 e. The summed E-state index contributed by atoms with van der Waals surface area (Å²) in [6, 6.07) is 1.13. The van der Waals surface area contributed by atoms with Gasteiger partial charge in [-0.2, -0.15) is 0 Å². The van der Waals surface area contributed by atoms with Crippen molar-refractivity contribution < 1.29 is 14.7 Å². The van der Waals surface area contributed by atoms with Crippen LogP contribution in [0.1, 0.15) is 52.9 Å². The summed E-state index contributed by atoms with van der Waals surface area (Å²) in [4.78, 5) is 25.3. The Balaban J connectivity index is 1.97. The summed E-state index contributed by atoms with van der Waals surface area (Å²) in [6.07, 6.45) is 5.01. The monoisotopic (exact) mass is 282 g/mol. The zero-order valence-corrected chi connectivity index (χ0v) is 12.7. The molecule has 0 aromatic rings. The Morgan fingerprint density at radius 3 is 2.25 bits per heavy atom. The number of likely N-dealkylation sites (N-methyl/N-ethyl adjacent to an activating group) is 1. The van der Waals surface area contributed by atoms with Crippen LogP contribution in [0.5, 0.6) is 0 Å². The lowest BCUT2D eigenvalue weighted by Gasteiger charge is -2.36. The molecule has 2 bridgehead atoms. The third kappa shape index (κ3) is 2.97. The fraction of sp³-hybridized carbons (Fsp3) is 0.867. The molecule has 0 saturated carbocycles. The van der Waals surface area contributed by atoms with Crippen LogP contribution in [0.4, 0.5) is 0 Å². The Hall–Kier alpha value is -1.10. The molecular formula is C15H26N2O3. The third-order valence-corrected chi connectivity index (χ3v) is 4.85. The van der Waals surface area contributed by atoms with E-state index in [1.807, 2.05) is 6.92 Å². The first-order chi connectivity index (χ1) is 9.34. The number of carboxylic acid groups (broad SMARTS) is 1. The number of nitrogens with one attached hydrogen (secondary N) is 1. The summed E-state index contributed by atoms with van der Waals surface area (Å²) in [5.74, 6) is -0.566. The Morgan fingerprint density at radius 2 is 1.80 bits per heavy atom. The number of hydrogen-bond acceptors (Lipinski definition) is 3. The van der Waals surface area contributed by atoms with Gasteiger partial charge in [-0.3, -0.25) is 4.79 Å². The SMILES string of the molecule is CCN(C(=O)CC1CC2CCC(C1)N2)C(C)(C)C(=O)O. The number of carboxylic acids is 1. The highest BCUT2D eigenvalue weighted by atomic mass is 16.4. The Labute approximate surface area is 120 Å². The van der Waals surface area contributed by atoms with Gasteiger partial charge in [0.1, 0.15) is 5.54 Å². The molecule has 2 rings (SSSR count). The molecule has 2 aliphatic rings. The molecule has 0 aromatic carbocycles. The highest BCUT2D eigenvalue weighted by molar-refractivity contribution is 5.86. The third-order valence-electron chi connectivity index (χ3n) is 4.85. The van der Waals surface area contributed by atoms with Gasteiger partial charge in [0.2, 0.25) is 5.91 Å². The molecule has 0 aromatic heterocycles. The number of piperidine rings is 1. The first-order valence-electron chi connectivity index (χ1n) is 7.64. The van der Waals surface area contributed by atoms with Crippen molar-refractivity contribution in [1.29, 1.82) is 0 Å². The molecule has 114 valence electrons. The van der Waals surface area contributed by atoms with Gasteiger partial charge in [-0.05, 0) is 52.4 Å². The fourth-order valence-corrected chi connectivity index (χ4v) is 3.70. The zero-order chi connectivity index (χ0) is 14.9. The van der Waals surface area contributed by atoms with Gasteiger partial charge in [-0.25, -0.2) is 4.79 Å². The maximum atomic E-state index is 12.5. The van der Waals surface area contributed by atoms with E-state index in [9.17, 15) is 14.7 Å². The van der Waals surface area contributed by atoms with E-state index in [-0.39, 0.29) is 5.91 Å². The molecule has 2 atom stereocenters. The number of hydrogen-bond donors (Lipinski definition) is 2. The van der Waals surface area contributed by atoms with E-state index >= 15 is 0 Å². The van der Waals surface area contributed by atoms with Crippen molar-refractivity contribution in [3.05, 3.63) is 0 Å². The first-order valence-corrected chi connectivity index (χ1v) is 7.64. The van der Waals surface area contributed by atoms with Gasteiger partial charge in [0.25, 0.3) is 0 Å². The van der Waals surface area contributed by atoms with Gasteiger partial charge < -0.3 is 15.3 Å². The molecule has 1 amide bonds. The molecule has 2 aliphatic heterocycles. The lowest BCUT2D eigenvalue weighted by molar-refractivity contribution is -0.157. The van der Waals surface area contributed by atoms with Gasteiger partial charge in [-0.1, -0.05) is 0 Å². The molecular weight excluding hydrogens is 256 g/mol. The van der Waals surface area contributed by atoms with Gasteiger partial charge in [-0.15, -0.1) is 0 Å². The van der Waals surface area contributed by atoms with Crippen molar-refractivity contribution in [1.82, 2.24) is 10.2 Å².